The molecule has 0 atom stereocenters. The molecule has 0 aliphatic carbocycles. The molecule has 1 aliphatic rings. The van der Waals surface area contributed by atoms with Crippen LogP contribution >= 0.6 is 23.5 Å². The van der Waals surface area contributed by atoms with Gasteiger partial charge in [0.2, 0.25) is 0 Å². The molecule has 5 heteroatoms. The van der Waals surface area contributed by atoms with Gasteiger partial charge in [0.15, 0.2) is 5.16 Å². The normalized spacial score (nSPS) is 13.4. The second-order valence-corrected chi connectivity index (χ2v) is 7.61. The van der Waals surface area contributed by atoms with Crippen molar-refractivity contribution >= 4 is 23.5 Å². The fourth-order valence-corrected chi connectivity index (χ4v) is 4.55. The van der Waals surface area contributed by atoms with E-state index in [9.17, 15) is 4.79 Å². The second kappa shape index (κ2) is 6.92. The van der Waals surface area contributed by atoms with Crippen molar-refractivity contribution in [3.05, 3.63) is 45.9 Å². The standard InChI is InChI=1S/C17H20N2OS2/c1-3-4-10-22-17-18-14-9-11-21-15(14)16(20)19(17)13-7-5-12(2)6-8-13/h5-8H,3-4,9-11H2,1-2H3. The predicted octanol–water partition coefficient (Wildman–Crippen LogP) is 4.08. The first-order valence-electron chi connectivity index (χ1n) is 7.69. The van der Waals surface area contributed by atoms with Crippen molar-refractivity contribution in [3.8, 4) is 5.69 Å². The molecule has 0 N–H and O–H groups in total. The Morgan fingerprint density at radius 1 is 1.32 bits per heavy atom. The SMILES string of the molecule is CCCCSc1nc2c(c(=O)n1-c1ccc(C)cc1)SCC2. The van der Waals surface area contributed by atoms with E-state index in [1.165, 1.54) is 5.56 Å². The lowest BCUT2D eigenvalue weighted by Crippen LogP contribution is -2.23. The molecule has 116 valence electrons. The minimum Gasteiger partial charge on any atom is -0.268 e. The van der Waals surface area contributed by atoms with Gasteiger partial charge in [-0.3, -0.25) is 9.36 Å². The van der Waals surface area contributed by atoms with E-state index in [-0.39, 0.29) is 5.56 Å². The summed E-state index contributed by atoms with van der Waals surface area (Å²) in [6.07, 6.45) is 3.20. The Balaban J connectivity index is 2.09. The molecule has 3 rings (SSSR count). The lowest BCUT2D eigenvalue weighted by atomic mass is 10.2. The quantitative estimate of drug-likeness (QED) is 0.469. The van der Waals surface area contributed by atoms with Crippen LogP contribution in [0.2, 0.25) is 0 Å². The molecular weight excluding hydrogens is 312 g/mol. The van der Waals surface area contributed by atoms with E-state index in [1.54, 1.807) is 28.1 Å². The summed E-state index contributed by atoms with van der Waals surface area (Å²) in [5.41, 5.74) is 3.19. The number of hydrogen-bond acceptors (Lipinski definition) is 4. The third-order valence-electron chi connectivity index (χ3n) is 3.69. The van der Waals surface area contributed by atoms with Gasteiger partial charge in [-0.2, -0.15) is 0 Å². The number of thioether (sulfide) groups is 2. The smallest absolute Gasteiger partial charge is 0.268 e. The van der Waals surface area contributed by atoms with Gasteiger partial charge in [-0.15, -0.1) is 11.8 Å². The van der Waals surface area contributed by atoms with Crippen molar-refractivity contribution in [2.24, 2.45) is 0 Å². The zero-order valence-corrected chi connectivity index (χ0v) is 14.6. The zero-order valence-electron chi connectivity index (χ0n) is 13.0. The first-order valence-corrected chi connectivity index (χ1v) is 9.66. The van der Waals surface area contributed by atoms with Crippen LogP contribution in [-0.2, 0) is 6.42 Å². The van der Waals surface area contributed by atoms with Crippen LogP contribution in [0.4, 0.5) is 0 Å². The first kappa shape index (κ1) is 15.7. The zero-order chi connectivity index (χ0) is 15.5. The van der Waals surface area contributed by atoms with E-state index >= 15 is 0 Å². The van der Waals surface area contributed by atoms with Crippen molar-refractivity contribution in [2.45, 2.75) is 43.2 Å². The van der Waals surface area contributed by atoms with Crippen molar-refractivity contribution in [1.82, 2.24) is 9.55 Å². The summed E-state index contributed by atoms with van der Waals surface area (Å²) in [5, 5.41) is 0.837. The van der Waals surface area contributed by atoms with Crippen molar-refractivity contribution < 1.29 is 0 Å². The third-order valence-corrected chi connectivity index (χ3v) is 5.82. The largest absolute Gasteiger partial charge is 0.272 e. The van der Waals surface area contributed by atoms with Crippen LogP contribution in [0.1, 0.15) is 31.0 Å². The molecule has 1 aliphatic heterocycles. The van der Waals surface area contributed by atoms with Crippen molar-refractivity contribution in [1.29, 1.82) is 0 Å². The lowest BCUT2D eigenvalue weighted by molar-refractivity contribution is 0.737. The molecular formula is C17H20N2OS2. The van der Waals surface area contributed by atoms with E-state index in [1.807, 2.05) is 24.3 Å². The van der Waals surface area contributed by atoms with Gasteiger partial charge in [-0.1, -0.05) is 42.8 Å². The highest BCUT2D eigenvalue weighted by molar-refractivity contribution is 7.99. The Hall–Kier alpha value is -1.20. The Kier molecular flexibility index (Phi) is 4.93. The monoisotopic (exact) mass is 332 g/mol. The molecule has 3 nitrogen and oxygen atoms in total. The Morgan fingerprint density at radius 3 is 2.82 bits per heavy atom. The molecule has 0 saturated heterocycles. The summed E-state index contributed by atoms with van der Waals surface area (Å²) >= 11 is 3.33. The van der Waals surface area contributed by atoms with Crippen molar-refractivity contribution in [2.75, 3.05) is 11.5 Å². The van der Waals surface area contributed by atoms with E-state index in [4.69, 9.17) is 4.98 Å². The van der Waals surface area contributed by atoms with Gasteiger partial charge >= 0.3 is 0 Å². The van der Waals surface area contributed by atoms with E-state index in [2.05, 4.69) is 13.8 Å². The maximum atomic E-state index is 12.9. The number of benzene rings is 1. The number of hydrogen-bond donors (Lipinski definition) is 0. The van der Waals surface area contributed by atoms with Crippen molar-refractivity contribution in [3.63, 3.8) is 0 Å². The summed E-state index contributed by atoms with van der Waals surface area (Å²) in [6, 6.07) is 8.11. The molecule has 2 aromatic rings. The number of aromatic nitrogens is 2. The number of aryl methyl sites for hydroxylation is 2. The predicted molar refractivity (Wildman–Crippen MR) is 94.6 cm³/mol. The minimum absolute atomic E-state index is 0.0929. The van der Waals surface area contributed by atoms with Gasteiger partial charge < -0.3 is 0 Å². The van der Waals surface area contributed by atoms with Crippen LogP contribution in [-0.4, -0.2) is 21.1 Å². The number of fused-ring (bicyclic) bond motifs is 1. The summed E-state index contributed by atoms with van der Waals surface area (Å²) in [6.45, 7) is 4.24. The molecule has 0 spiro atoms. The topological polar surface area (TPSA) is 34.9 Å². The highest BCUT2D eigenvalue weighted by Crippen LogP contribution is 2.30. The second-order valence-electron chi connectivity index (χ2n) is 5.45. The van der Waals surface area contributed by atoms with Gasteiger partial charge in [-0.05, 0) is 25.5 Å². The number of unbranched alkanes of at least 4 members (excludes halogenated alkanes) is 1. The van der Waals surface area contributed by atoms with Gasteiger partial charge in [-0.25, -0.2) is 4.98 Å². The van der Waals surface area contributed by atoms with E-state index < -0.39 is 0 Å². The average molecular weight is 332 g/mol. The molecule has 0 saturated carbocycles. The van der Waals surface area contributed by atoms with Gasteiger partial charge in [0.05, 0.1) is 16.3 Å². The molecule has 0 unspecified atom stereocenters. The van der Waals surface area contributed by atoms with Crippen LogP contribution in [0.25, 0.3) is 5.69 Å². The molecule has 0 amide bonds. The highest BCUT2D eigenvalue weighted by Gasteiger charge is 2.22. The van der Waals surface area contributed by atoms with E-state index in [0.717, 1.165) is 52.2 Å². The summed E-state index contributed by atoms with van der Waals surface area (Å²) < 4.78 is 1.79. The van der Waals surface area contributed by atoms with Gasteiger partial charge in [0, 0.05) is 17.9 Å². The highest BCUT2D eigenvalue weighted by atomic mass is 32.2. The van der Waals surface area contributed by atoms with Crippen LogP contribution in [0.5, 0.6) is 0 Å². The van der Waals surface area contributed by atoms with Crippen LogP contribution in [0, 0.1) is 6.92 Å². The molecule has 2 heterocycles. The first-order chi connectivity index (χ1) is 10.7. The molecule has 0 bridgehead atoms. The van der Waals surface area contributed by atoms with Gasteiger partial charge in [0.1, 0.15) is 0 Å². The Bertz CT molecular complexity index is 723. The number of nitrogens with zero attached hydrogens (tertiary/aromatic N) is 2. The van der Waals surface area contributed by atoms with Gasteiger partial charge in [0.25, 0.3) is 5.56 Å². The average Bonchev–Trinajstić information content (AvgIpc) is 2.98. The molecule has 0 fully saturated rings. The molecule has 1 aromatic heterocycles. The minimum atomic E-state index is 0.0929. The molecule has 0 radical (unpaired) electrons. The lowest BCUT2D eigenvalue weighted by Gasteiger charge is -2.13. The molecule has 1 aromatic carbocycles. The Labute approximate surface area is 139 Å². The van der Waals surface area contributed by atoms with Crippen LogP contribution in [0.3, 0.4) is 0 Å². The maximum Gasteiger partial charge on any atom is 0.272 e. The Morgan fingerprint density at radius 2 is 2.09 bits per heavy atom. The molecule has 22 heavy (non-hydrogen) atoms. The third kappa shape index (κ3) is 3.10. The summed E-state index contributed by atoms with van der Waals surface area (Å²) in [7, 11) is 0. The van der Waals surface area contributed by atoms with Crippen LogP contribution in [0.15, 0.2) is 39.1 Å². The fraction of sp³-hybridized carbons (Fsp3) is 0.412. The summed E-state index contributed by atoms with van der Waals surface area (Å²) in [4.78, 5) is 18.5. The van der Waals surface area contributed by atoms with Crippen LogP contribution < -0.4 is 5.56 Å². The number of rotatable bonds is 5. The van der Waals surface area contributed by atoms with E-state index in [0.29, 0.717) is 0 Å². The fourth-order valence-electron chi connectivity index (χ4n) is 2.42. The maximum absolute atomic E-state index is 12.9. The summed E-state index contributed by atoms with van der Waals surface area (Å²) in [5.74, 6) is 1.97.